The lowest BCUT2D eigenvalue weighted by atomic mass is 9.93. The number of carbonyl (C=O) groups excluding carboxylic acids is 1. The molecule has 0 unspecified atom stereocenters. The molecular formula is C13H15BrFNO2. The van der Waals surface area contributed by atoms with E-state index in [9.17, 15) is 14.3 Å². The fourth-order valence-electron chi connectivity index (χ4n) is 2.03. The van der Waals surface area contributed by atoms with Crippen LogP contribution in [0.5, 0.6) is 0 Å². The molecule has 5 heteroatoms. The van der Waals surface area contributed by atoms with Crippen LogP contribution in [0.15, 0.2) is 22.7 Å². The molecule has 0 radical (unpaired) electrons. The average Bonchev–Trinajstić information content (AvgIpc) is 2.32. The minimum atomic E-state index is -0.716. The van der Waals surface area contributed by atoms with Gasteiger partial charge in [0, 0.05) is 13.1 Å². The van der Waals surface area contributed by atoms with Crippen LogP contribution >= 0.6 is 15.9 Å². The Labute approximate surface area is 114 Å². The first-order valence-electron chi connectivity index (χ1n) is 5.86. The molecule has 1 fully saturated rings. The normalized spacial score (nSPS) is 18.8. The molecule has 1 aromatic carbocycles. The minimum Gasteiger partial charge on any atom is -0.390 e. The lowest BCUT2D eigenvalue weighted by Crippen LogP contribution is -2.45. The Hall–Kier alpha value is -0.940. The number of benzene rings is 1. The van der Waals surface area contributed by atoms with Crippen molar-refractivity contribution < 1.29 is 14.3 Å². The fourth-order valence-corrected chi connectivity index (χ4v) is 2.40. The molecule has 1 N–H and O–H groups in total. The maximum absolute atomic E-state index is 13.8. The van der Waals surface area contributed by atoms with Crippen LogP contribution in [0.3, 0.4) is 0 Å². The van der Waals surface area contributed by atoms with Crippen molar-refractivity contribution in [2.45, 2.75) is 25.4 Å². The van der Waals surface area contributed by atoms with Crippen LogP contribution in [0, 0.1) is 5.82 Å². The van der Waals surface area contributed by atoms with Gasteiger partial charge in [-0.1, -0.05) is 6.07 Å². The maximum atomic E-state index is 13.8. The van der Waals surface area contributed by atoms with Gasteiger partial charge in [-0.2, -0.15) is 0 Å². The molecule has 0 bridgehead atoms. The van der Waals surface area contributed by atoms with Gasteiger partial charge in [-0.25, -0.2) is 4.39 Å². The number of hydrogen-bond acceptors (Lipinski definition) is 2. The largest absolute Gasteiger partial charge is 0.390 e. The molecule has 18 heavy (non-hydrogen) atoms. The van der Waals surface area contributed by atoms with E-state index in [1.807, 2.05) is 0 Å². The number of rotatable bonds is 1. The van der Waals surface area contributed by atoms with Crippen molar-refractivity contribution in [2.75, 3.05) is 13.1 Å². The second-order valence-corrected chi connectivity index (χ2v) is 5.74. The van der Waals surface area contributed by atoms with Crippen molar-refractivity contribution in [2.24, 2.45) is 0 Å². The molecule has 1 aliphatic rings. The highest BCUT2D eigenvalue weighted by Gasteiger charge is 2.30. The van der Waals surface area contributed by atoms with Gasteiger partial charge in [0.25, 0.3) is 5.91 Å². The SMILES string of the molecule is CC1(O)CCN(C(=O)c2cccc(Br)c2F)CC1. The molecule has 98 valence electrons. The molecule has 1 amide bonds. The Balaban J connectivity index is 2.15. The van der Waals surface area contributed by atoms with Gasteiger partial charge in [-0.3, -0.25) is 4.79 Å². The van der Waals surface area contributed by atoms with E-state index in [-0.39, 0.29) is 15.9 Å². The molecule has 1 heterocycles. The summed E-state index contributed by atoms with van der Waals surface area (Å²) in [6.45, 7) is 2.67. The molecule has 0 aromatic heterocycles. The second kappa shape index (κ2) is 4.97. The molecule has 0 aliphatic carbocycles. The third kappa shape index (κ3) is 2.72. The van der Waals surface area contributed by atoms with E-state index < -0.39 is 11.4 Å². The number of nitrogens with zero attached hydrogens (tertiary/aromatic N) is 1. The predicted octanol–water partition coefficient (Wildman–Crippen LogP) is 2.58. The summed E-state index contributed by atoms with van der Waals surface area (Å²) in [5.74, 6) is -0.843. The smallest absolute Gasteiger partial charge is 0.256 e. The number of likely N-dealkylation sites (tertiary alicyclic amines) is 1. The van der Waals surface area contributed by atoms with Crippen molar-refractivity contribution in [3.8, 4) is 0 Å². The fraction of sp³-hybridized carbons (Fsp3) is 0.462. The van der Waals surface area contributed by atoms with Gasteiger partial charge in [0.1, 0.15) is 5.82 Å². The molecule has 1 aliphatic heterocycles. The molecule has 0 saturated carbocycles. The van der Waals surface area contributed by atoms with E-state index in [0.717, 1.165) is 0 Å². The first kappa shape index (κ1) is 13.5. The Morgan fingerprint density at radius 3 is 2.67 bits per heavy atom. The molecular weight excluding hydrogens is 301 g/mol. The minimum absolute atomic E-state index is 0.0749. The zero-order valence-corrected chi connectivity index (χ0v) is 11.7. The summed E-state index contributed by atoms with van der Waals surface area (Å²) in [4.78, 5) is 13.8. The van der Waals surface area contributed by atoms with Gasteiger partial charge >= 0.3 is 0 Å². The van der Waals surface area contributed by atoms with E-state index in [4.69, 9.17) is 0 Å². The third-order valence-corrected chi connectivity index (χ3v) is 3.92. The van der Waals surface area contributed by atoms with Crippen LogP contribution < -0.4 is 0 Å². The van der Waals surface area contributed by atoms with E-state index >= 15 is 0 Å². The highest BCUT2D eigenvalue weighted by atomic mass is 79.9. The van der Waals surface area contributed by atoms with Crippen LogP contribution in [0.2, 0.25) is 0 Å². The van der Waals surface area contributed by atoms with Crippen LogP contribution in [0.1, 0.15) is 30.1 Å². The first-order chi connectivity index (χ1) is 8.41. The number of piperidine rings is 1. The van der Waals surface area contributed by atoms with Crippen LogP contribution in [-0.2, 0) is 0 Å². The van der Waals surface area contributed by atoms with Crippen molar-refractivity contribution in [3.05, 3.63) is 34.1 Å². The monoisotopic (exact) mass is 315 g/mol. The van der Waals surface area contributed by atoms with Gasteiger partial charge in [0.05, 0.1) is 15.6 Å². The summed E-state index contributed by atoms with van der Waals surface area (Å²) >= 11 is 3.07. The summed E-state index contributed by atoms with van der Waals surface area (Å²) < 4.78 is 14.1. The van der Waals surface area contributed by atoms with E-state index in [0.29, 0.717) is 25.9 Å². The lowest BCUT2D eigenvalue weighted by molar-refractivity contribution is -0.00213. The molecule has 0 atom stereocenters. The lowest BCUT2D eigenvalue weighted by Gasteiger charge is -2.35. The summed E-state index contributed by atoms with van der Waals surface area (Å²) in [5, 5.41) is 9.82. The predicted molar refractivity (Wildman–Crippen MR) is 69.9 cm³/mol. The van der Waals surface area contributed by atoms with Crippen molar-refractivity contribution in [1.82, 2.24) is 4.90 Å². The zero-order valence-electron chi connectivity index (χ0n) is 10.1. The van der Waals surface area contributed by atoms with Gasteiger partial charge in [-0.15, -0.1) is 0 Å². The number of carbonyl (C=O) groups is 1. The standard InChI is InChI=1S/C13H15BrFNO2/c1-13(18)5-7-16(8-6-13)12(17)9-3-2-4-10(14)11(9)15/h2-4,18H,5-8H2,1H3. The number of aliphatic hydroxyl groups is 1. The Morgan fingerprint density at radius 2 is 2.06 bits per heavy atom. The summed E-state index contributed by atoms with van der Waals surface area (Å²) in [5.41, 5.74) is -0.641. The second-order valence-electron chi connectivity index (χ2n) is 4.89. The maximum Gasteiger partial charge on any atom is 0.256 e. The van der Waals surface area contributed by atoms with E-state index in [1.165, 1.54) is 6.07 Å². The number of hydrogen-bond donors (Lipinski definition) is 1. The van der Waals surface area contributed by atoms with Crippen LogP contribution in [0.25, 0.3) is 0 Å². The zero-order chi connectivity index (χ0) is 13.3. The van der Waals surface area contributed by atoms with Crippen LogP contribution in [-0.4, -0.2) is 34.6 Å². The van der Waals surface area contributed by atoms with E-state index in [2.05, 4.69) is 15.9 Å². The Bertz CT molecular complexity index is 466. The third-order valence-electron chi connectivity index (χ3n) is 3.31. The number of halogens is 2. The molecule has 1 saturated heterocycles. The summed E-state index contributed by atoms with van der Waals surface area (Å²) in [6.07, 6.45) is 1.04. The van der Waals surface area contributed by atoms with Gasteiger partial charge in [0.2, 0.25) is 0 Å². The molecule has 0 spiro atoms. The van der Waals surface area contributed by atoms with Crippen molar-refractivity contribution in [1.29, 1.82) is 0 Å². The molecule has 3 nitrogen and oxygen atoms in total. The molecule has 2 rings (SSSR count). The summed E-state index contributed by atoms with van der Waals surface area (Å²) in [6, 6.07) is 4.68. The van der Waals surface area contributed by atoms with Gasteiger partial charge in [-0.05, 0) is 47.8 Å². The topological polar surface area (TPSA) is 40.5 Å². The van der Waals surface area contributed by atoms with Gasteiger partial charge < -0.3 is 10.0 Å². The number of amides is 1. The van der Waals surface area contributed by atoms with E-state index in [1.54, 1.807) is 24.0 Å². The highest BCUT2D eigenvalue weighted by Crippen LogP contribution is 2.24. The Morgan fingerprint density at radius 1 is 1.44 bits per heavy atom. The van der Waals surface area contributed by atoms with Crippen LogP contribution in [0.4, 0.5) is 4.39 Å². The highest BCUT2D eigenvalue weighted by molar-refractivity contribution is 9.10. The summed E-state index contributed by atoms with van der Waals surface area (Å²) in [7, 11) is 0. The molecule has 1 aromatic rings. The Kier molecular flexibility index (Phi) is 3.73. The van der Waals surface area contributed by atoms with Gasteiger partial charge in [0.15, 0.2) is 0 Å². The average molecular weight is 316 g/mol. The van der Waals surface area contributed by atoms with Crippen molar-refractivity contribution >= 4 is 21.8 Å². The van der Waals surface area contributed by atoms with Crippen molar-refractivity contribution in [3.63, 3.8) is 0 Å². The quantitative estimate of drug-likeness (QED) is 0.865. The first-order valence-corrected chi connectivity index (χ1v) is 6.66.